The van der Waals surface area contributed by atoms with E-state index in [1.165, 1.54) is 23.1 Å². The van der Waals surface area contributed by atoms with Gasteiger partial charge in [-0.25, -0.2) is 0 Å². The van der Waals surface area contributed by atoms with Crippen molar-refractivity contribution in [3.05, 3.63) is 0 Å². The highest BCUT2D eigenvalue weighted by atomic mass is 32.2. The molecule has 0 aliphatic heterocycles. The van der Waals surface area contributed by atoms with Gasteiger partial charge in [-0.2, -0.15) is 0 Å². The van der Waals surface area contributed by atoms with Crippen LogP contribution in [0.5, 0.6) is 5.19 Å². The van der Waals surface area contributed by atoms with Crippen molar-refractivity contribution < 1.29 is 9.53 Å². The summed E-state index contributed by atoms with van der Waals surface area (Å²) in [6.45, 7) is 8.71. The van der Waals surface area contributed by atoms with Gasteiger partial charge in [0, 0.05) is 6.54 Å². The van der Waals surface area contributed by atoms with Crippen molar-refractivity contribution in [3.63, 3.8) is 0 Å². The predicted octanol–water partition coefficient (Wildman–Crippen LogP) is 2.19. The smallest absolute Gasteiger partial charge is 0.295 e. The number of aromatic nitrogens is 2. The van der Waals surface area contributed by atoms with E-state index >= 15 is 0 Å². The molecule has 0 aliphatic rings. The van der Waals surface area contributed by atoms with Crippen molar-refractivity contribution in [2.75, 3.05) is 12.3 Å². The second-order valence-corrected chi connectivity index (χ2v) is 6.65. The van der Waals surface area contributed by atoms with E-state index in [9.17, 15) is 4.79 Å². The van der Waals surface area contributed by atoms with Gasteiger partial charge in [-0.1, -0.05) is 30.7 Å². The van der Waals surface area contributed by atoms with E-state index in [1.54, 1.807) is 0 Å². The number of hydrogen-bond acceptors (Lipinski definition) is 6. The molecule has 1 amide bonds. The first-order valence-electron chi connectivity index (χ1n) is 5.87. The lowest BCUT2D eigenvalue weighted by molar-refractivity contribution is -0.118. The molecule has 5 nitrogen and oxygen atoms in total. The second-order valence-electron chi connectivity index (χ2n) is 4.49. The van der Waals surface area contributed by atoms with Gasteiger partial charge < -0.3 is 10.1 Å². The first-order valence-corrected chi connectivity index (χ1v) is 7.67. The standard InChI is InChI=1S/C11H19N3O2S2/c1-7(2)5-12-9(15)6-17-11-14-13-10(18-11)16-8(3)4/h7-8H,5-6H2,1-4H3,(H,12,15). The Morgan fingerprint density at radius 1 is 1.39 bits per heavy atom. The van der Waals surface area contributed by atoms with Crippen LogP contribution in [-0.4, -0.2) is 34.5 Å². The van der Waals surface area contributed by atoms with Crippen molar-refractivity contribution in [3.8, 4) is 5.19 Å². The van der Waals surface area contributed by atoms with E-state index in [4.69, 9.17) is 4.74 Å². The number of ether oxygens (including phenoxy) is 1. The normalized spacial score (nSPS) is 11.0. The van der Waals surface area contributed by atoms with Gasteiger partial charge in [-0.3, -0.25) is 4.79 Å². The number of nitrogens with zero attached hydrogens (tertiary/aromatic N) is 2. The van der Waals surface area contributed by atoms with Crippen LogP contribution in [0.2, 0.25) is 0 Å². The average molecular weight is 289 g/mol. The summed E-state index contributed by atoms with van der Waals surface area (Å²) in [5, 5.41) is 11.3. The summed E-state index contributed by atoms with van der Waals surface area (Å²) >= 11 is 2.75. The molecule has 1 aromatic heterocycles. The number of amides is 1. The zero-order valence-electron chi connectivity index (χ0n) is 11.1. The molecule has 1 rings (SSSR count). The third-order valence-electron chi connectivity index (χ3n) is 1.76. The van der Waals surface area contributed by atoms with Crippen LogP contribution >= 0.6 is 23.1 Å². The minimum absolute atomic E-state index is 0.0234. The number of hydrogen-bond donors (Lipinski definition) is 1. The van der Waals surface area contributed by atoms with Crippen LogP contribution in [0, 0.1) is 5.92 Å². The van der Waals surface area contributed by atoms with Crippen molar-refractivity contribution in [2.45, 2.75) is 38.1 Å². The Bertz CT molecular complexity index is 380. The highest BCUT2D eigenvalue weighted by Gasteiger charge is 2.09. The molecule has 1 aromatic rings. The molecular formula is C11H19N3O2S2. The number of nitrogens with one attached hydrogen (secondary N) is 1. The molecule has 0 spiro atoms. The maximum Gasteiger partial charge on any atom is 0.295 e. The van der Waals surface area contributed by atoms with E-state index in [0.29, 0.717) is 23.4 Å². The lowest BCUT2D eigenvalue weighted by Gasteiger charge is -2.06. The van der Waals surface area contributed by atoms with E-state index in [1.807, 2.05) is 13.8 Å². The van der Waals surface area contributed by atoms with Gasteiger partial charge in [-0.05, 0) is 31.1 Å². The van der Waals surface area contributed by atoms with Crippen LogP contribution in [0.3, 0.4) is 0 Å². The zero-order chi connectivity index (χ0) is 13.5. The van der Waals surface area contributed by atoms with E-state index in [-0.39, 0.29) is 12.0 Å². The van der Waals surface area contributed by atoms with Gasteiger partial charge in [0.25, 0.3) is 5.19 Å². The fraction of sp³-hybridized carbons (Fsp3) is 0.727. The summed E-state index contributed by atoms with van der Waals surface area (Å²) in [5.41, 5.74) is 0. The van der Waals surface area contributed by atoms with Crippen LogP contribution in [0.15, 0.2) is 4.34 Å². The molecule has 0 radical (unpaired) electrons. The third kappa shape index (κ3) is 6.20. The highest BCUT2D eigenvalue weighted by Crippen LogP contribution is 2.27. The number of carbonyl (C=O) groups excluding carboxylic acids is 1. The maximum atomic E-state index is 11.5. The molecule has 7 heteroatoms. The summed E-state index contributed by atoms with van der Waals surface area (Å²) in [7, 11) is 0. The predicted molar refractivity (Wildman–Crippen MR) is 74.2 cm³/mol. The van der Waals surface area contributed by atoms with E-state index in [0.717, 1.165) is 4.34 Å². The van der Waals surface area contributed by atoms with Gasteiger partial charge in [0.2, 0.25) is 5.91 Å². The van der Waals surface area contributed by atoms with Crippen LogP contribution in [0.25, 0.3) is 0 Å². The van der Waals surface area contributed by atoms with Gasteiger partial charge >= 0.3 is 0 Å². The minimum Gasteiger partial charge on any atom is -0.466 e. The van der Waals surface area contributed by atoms with E-state index < -0.39 is 0 Å². The lowest BCUT2D eigenvalue weighted by Crippen LogP contribution is -2.28. The third-order valence-corrected chi connectivity index (χ3v) is 3.71. The van der Waals surface area contributed by atoms with Crippen molar-refractivity contribution in [1.29, 1.82) is 0 Å². The molecule has 1 N–H and O–H groups in total. The molecule has 0 unspecified atom stereocenters. The van der Waals surface area contributed by atoms with Crippen LogP contribution < -0.4 is 10.1 Å². The van der Waals surface area contributed by atoms with Gasteiger partial charge in [0.1, 0.15) is 0 Å². The van der Waals surface area contributed by atoms with Crippen LogP contribution in [0.1, 0.15) is 27.7 Å². The Morgan fingerprint density at radius 3 is 2.72 bits per heavy atom. The molecule has 0 fully saturated rings. The molecule has 0 bridgehead atoms. The summed E-state index contributed by atoms with van der Waals surface area (Å²) < 4.78 is 6.17. The SMILES string of the molecule is CC(C)CNC(=O)CSc1nnc(OC(C)C)s1. The molecule has 102 valence electrons. The maximum absolute atomic E-state index is 11.5. The van der Waals surface area contributed by atoms with Gasteiger partial charge in [0.05, 0.1) is 11.9 Å². The fourth-order valence-corrected chi connectivity index (χ4v) is 2.64. The number of thioether (sulfide) groups is 1. The second kappa shape index (κ2) is 7.58. The molecular weight excluding hydrogens is 270 g/mol. The van der Waals surface area contributed by atoms with Crippen LogP contribution in [-0.2, 0) is 4.79 Å². The lowest BCUT2D eigenvalue weighted by atomic mass is 10.2. The molecule has 18 heavy (non-hydrogen) atoms. The molecule has 1 heterocycles. The monoisotopic (exact) mass is 289 g/mol. The van der Waals surface area contributed by atoms with Gasteiger partial charge in [-0.15, -0.1) is 5.10 Å². The minimum atomic E-state index is 0.0234. The molecule has 0 atom stereocenters. The van der Waals surface area contributed by atoms with E-state index in [2.05, 4.69) is 29.4 Å². The Kier molecular flexibility index (Phi) is 6.42. The number of rotatable bonds is 7. The Hall–Kier alpha value is -0.820. The molecule has 0 saturated carbocycles. The van der Waals surface area contributed by atoms with Crippen molar-refractivity contribution in [1.82, 2.24) is 15.5 Å². The highest BCUT2D eigenvalue weighted by molar-refractivity contribution is 8.01. The first-order chi connectivity index (χ1) is 8.47. The summed E-state index contributed by atoms with van der Waals surface area (Å²) in [4.78, 5) is 11.5. The van der Waals surface area contributed by atoms with Crippen molar-refractivity contribution >= 4 is 29.0 Å². The zero-order valence-corrected chi connectivity index (χ0v) is 12.7. The summed E-state index contributed by atoms with van der Waals surface area (Å²) in [6, 6.07) is 0. The Labute approximate surface area is 116 Å². The Balaban J connectivity index is 2.30. The first kappa shape index (κ1) is 15.2. The van der Waals surface area contributed by atoms with Crippen molar-refractivity contribution in [2.24, 2.45) is 5.92 Å². The molecule has 0 saturated heterocycles. The largest absolute Gasteiger partial charge is 0.466 e. The Morgan fingerprint density at radius 2 is 2.11 bits per heavy atom. The molecule has 0 aromatic carbocycles. The summed E-state index contributed by atoms with van der Waals surface area (Å²) in [6.07, 6.45) is 0.0881. The molecule has 0 aliphatic carbocycles. The quantitative estimate of drug-likeness (QED) is 0.780. The average Bonchev–Trinajstić information content (AvgIpc) is 2.70. The summed E-state index contributed by atoms with van der Waals surface area (Å²) in [5.74, 6) is 0.852. The number of carbonyl (C=O) groups is 1. The fourth-order valence-electron chi connectivity index (χ4n) is 1.00. The van der Waals surface area contributed by atoms with Crippen LogP contribution in [0.4, 0.5) is 0 Å². The van der Waals surface area contributed by atoms with Gasteiger partial charge in [0.15, 0.2) is 4.34 Å². The topological polar surface area (TPSA) is 64.1 Å².